The Balaban J connectivity index is 3.74. The van der Waals surface area contributed by atoms with Crippen LogP contribution >= 0.6 is 0 Å². The number of hydrogen-bond acceptors (Lipinski definition) is 3. The van der Waals surface area contributed by atoms with Crippen LogP contribution < -0.4 is 0 Å². The summed E-state index contributed by atoms with van der Waals surface area (Å²) in [6.45, 7) is 10.1. The fourth-order valence-electron chi connectivity index (χ4n) is 0.562. The van der Waals surface area contributed by atoms with Crippen molar-refractivity contribution in [1.29, 1.82) is 0 Å². The van der Waals surface area contributed by atoms with Crippen LogP contribution in [0.3, 0.4) is 0 Å². The molecule has 78 valence electrons. The van der Waals surface area contributed by atoms with Gasteiger partial charge in [-0.15, -0.1) is 0 Å². The smallest absolute Gasteiger partial charge is 0.434 e. The fourth-order valence-corrected chi connectivity index (χ4v) is 0.562. The van der Waals surface area contributed by atoms with Crippen molar-refractivity contribution in [3.63, 3.8) is 0 Å². The molecule has 0 aromatic heterocycles. The molecule has 0 aromatic carbocycles. The summed E-state index contributed by atoms with van der Waals surface area (Å²) in [5.74, 6) is 0.345. The third-order valence-corrected chi connectivity index (χ3v) is 1.75. The molecule has 0 amide bonds. The molecule has 0 radical (unpaired) electrons. The van der Waals surface area contributed by atoms with E-state index in [1.807, 2.05) is 34.6 Å². The lowest BCUT2D eigenvalue weighted by atomic mass is 10.1. The maximum absolute atomic E-state index is 11.1. The third kappa shape index (κ3) is 6.43. The van der Waals surface area contributed by atoms with Crippen molar-refractivity contribution in [1.82, 2.24) is 0 Å². The van der Waals surface area contributed by atoms with Crippen LogP contribution in [0.25, 0.3) is 0 Å². The van der Waals surface area contributed by atoms with Crippen molar-refractivity contribution in [2.24, 2.45) is 5.92 Å². The highest BCUT2D eigenvalue weighted by Crippen LogP contribution is 2.14. The molecule has 0 N–H and O–H groups in total. The van der Waals surface area contributed by atoms with Crippen LogP contribution in [0, 0.1) is 5.92 Å². The number of carbonyl (C=O) groups excluding carboxylic acids is 1. The summed E-state index contributed by atoms with van der Waals surface area (Å²) in [6.07, 6.45) is 0.213. The van der Waals surface area contributed by atoms with Crippen molar-refractivity contribution < 1.29 is 14.3 Å². The second-order valence-corrected chi connectivity index (χ2v) is 4.17. The monoisotopic (exact) mass is 188 g/mol. The summed E-state index contributed by atoms with van der Waals surface area (Å²) in [7, 11) is 0. The normalized spacial score (nSPS) is 11.5. The zero-order valence-corrected chi connectivity index (χ0v) is 9.22. The van der Waals surface area contributed by atoms with E-state index >= 15 is 0 Å². The Hall–Kier alpha value is -0.730. The summed E-state index contributed by atoms with van der Waals surface area (Å²) < 4.78 is 9.96. The molecule has 0 aliphatic heterocycles. The summed E-state index contributed by atoms with van der Waals surface area (Å²) in [5.41, 5.74) is -0.423. The molecule has 0 heterocycles. The summed E-state index contributed by atoms with van der Waals surface area (Å²) in [6, 6.07) is 0. The Morgan fingerprint density at radius 2 is 1.92 bits per heavy atom. The maximum Gasteiger partial charge on any atom is 0.508 e. The van der Waals surface area contributed by atoms with Crippen LogP contribution in [0.15, 0.2) is 0 Å². The van der Waals surface area contributed by atoms with Gasteiger partial charge in [0.25, 0.3) is 0 Å². The molecule has 3 heteroatoms. The molecule has 0 fully saturated rings. The molecule has 0 saturated carbocycles. The molecule has 0 aliphatic rings. The summed E-state index contributed by atoms with van der Waals surface area (Å²) in [4.78, 5) is 11.1. The maximum atomic E-state index is 11.1. The lowest BCUT2D eigenvalue weighted by molar-refractivity contribution is -0.0218. The lowest BCUT2D eigenvalue weighted by Gasteiger charge is -2.22. The van der Waals surface area contributed by atoms with E-state index in [0.717, 1.165) is 6.42 Å². The Morgan fingerprint density at radius 3 is 2.31 bits per heavy atom. The molecule has 0 aromatic rings. The Kier molecular flexibility index (Phi) is 4.81. The van der Waals surface area contributed by atoms with Gasteiger partial charge in [-0.1, -0.05) is 20.8 Å². The van der Waals surface area contributed by atoms with Gasteiger partial charge in [-0.3, -0.25) is 0 Å². The first-order chi connectivity index (χ1) is 5.87. The van der Waals surface area contributed by atoms with Gasteiger partial charge < -0.3 is 9.47 Å². The van der Waals surface area contributed by atoms with Crippen LogP contribution in [0.4, 0.5) is 4.79 Å². The fraction of sp³-hybridized carbons (Fsp3) is 0.900. The molecule has 0 saturated heterocycles. The van der Waals surface area contributed by atoms with Gasteiger partial charge in [0.1, 0.15) is 5.60 Å². The topological polar surface area (TPSA) is 35.5 Å². The Morgan fingerprint density at radius 1 is 1.38 bits per heavy atom. The largest absolute Gasteiger partial charge is 0.508 e. The first-order valence-electron chi connectivity index (χ1n) is 4.73. The van der Waals surface area contributed by atoms with E-state index in [2.05, 4.69) is 0 Å². The number of rotatable bonds is 4. The van der Waals surface area contributed by atoms with Gasteiger partial charge in [0, 0.05) is 0 Å². The molecular weight excluding hydrogens is 168 g/mol. The number of carbonyl (C=O) groups is 1. The van der Waals surface area contributed by atoms with E-state index < -0.39 is 11.8 Å². The minimum absolute atomic E-state index is 0.345. The van der Waals surface area contributed by atoms with E-state index in [1.54, 1.807) is 0 Å². The zero-order chi connectivity index (χ0) is 10.5. The van der Waals surface area contributed by atoms with Gasteiger partial charge >= 0.3 is 6.16 Å². The van der Waals surface area contributed by atoms with Gasteiger partial charge in [0.2, 0.25) is 0 Å². The SMILES string of the molecule is CCC(C)(C)OC(=O)OCC(C)C. The average molecular weight is 188 g/mol. The van der Waals surface area contributed by atoms with Gasteiger partial charge in [-0.2, -0.15) is 0 Å². The zero-order valence-electron chi connectivity index (χ0n) is 9.22. The van der Waals surface area contributed by atoms with E-state index in [-0.39, 0.29) is 0 Å². The highest BCUT2D eigenvalue weighted by Gasteiger charge is 2.21. The lowest BCUT2D eigenvalue weighted by Crippen LogP contribution is -2.28. The third-order valence-electron chi connectivity index (χ3n) is 1.75. The van der Waals surface area contributed by atoms with Crippen molar-refractivity contribution in [2.75, 3.05) is 6.61 Å². The predicted octanol–water partition coefficient (Wildman–Crippen LogP) is 2.98. The van der Waals surface area contributed by atoms with Gasteiger partial charge in [-0.25, -0.2) is 4.79 Å². The molecule has 13 heavy (non-hydrogen) atoms. The van der Waals surface area contributed by atoms with Crippen LogP contribution in [0.2, 0.25) is 0 Å². The highest BCUT2D eigenvalue weighted by molar-refractivity contribution is 5.60. The molecule has 0 unspecified atom stereocenters. The number of ether oxygens (including phenoxy) is 2. The molecular formula is C10H20O3. The predicted molar refractivity (Wildman–Crippen MR) is 51.6 cm³/mol. The second-order valence-electron chi connectivity index (χ2n) is 4.17. The number of hydrogen-bond donors (Lipinski definition) is 0. The minimum Gasteiger partial charge on any atom is -0.434 e. The summed E-state index contributed by atoms with van der Waals surface area (Å²) >= 11 is 0. The van der Waals surface area contributed by atoms with Crippen LogP contribution in [-0.4, -0.2) is 18.4 Å². The quantitative estimate of drug-likeness (QED) is 0.636. The van der Waals surface area contributed by atoms with Crippen molar-refractivity contribution >= 4 is 6.16 Å². The van der Waals surface area contributed by atoms with Crippen molar-refractivity contribution in [3.05, 3.63) is 0 Å². The second kappa shape index (κ2) is 5.10. The molecule has 0 aliphatic carbocycles. The van der Waals surface area contributed by atoms with Crippen molar-refractivity contribution in [3.8, 4) is 0 Å². The molecule has 3 nitrogen and oxygen atoms in total. The van der Waals surface area contributed by atoms with Gasteiger partial charge in [0.15, 0.2) is 0 Å². The van der Waals surface area contributed by atoms with Crippen LogP contribution in [0.1, 0.15) is 41.0 Å². The first kappa shape index (κ1) is 12.3. The molecule has 0 spiro atoms. The van der Waals surface area contributed by atoms with E-state index in [4.69, 9.17) is 9.47 Å². The Bertz CT molecular complexity index is 162. The van der Waals surface area contributed by atoms with Crippen LogP contribution in [-0.2, 0) is 9.47 Å². The van der Waals surface area contributed by atoms with Gasteiger partial charge in [0.05, 0.1) is 6.61 Å². The average Bonchev–Trinajstić information content (AvgIpc) is 2.00. The summed E-state index contributed by atoms with van der Waals surface area (Å²) in [5, 5.41) is 0. The van der Waals surface area contributed by atoms with E-state index in [0.29, 0.717) is 12.5 Å². The first-order valence-corrected chi connectivity index (χ1v) is 4.73. The standard InChI is InChI=1S/C10H20O3/c1-6-10(4,5)13-9(11)12-7-8(2)3/h8H,6-7H2,1-5H3. The van der Waals surface area contributed by atoms with Crippen molar-refractivity contribution in [2.45, 2.75) is 46.6 Å². The minimum atomic E-state index is -0.569. The molecule has 0 bridgehead atoms. The Labute approximate surface area is 80.4 Å². The highest BCUT2D eigenvalue weighted by atomic mass is 16.7. The van der Waals surface area contributed by atoms with E-state index in [9.17, 15) is 4.79 Å². The van der Waals surface area contributed by atoms with Crippen LogP contribution in [0.5, 0.6) is 0 Å². The molecule has 0 atom stereocenters. The molecule has 0 rings (SSSR count). The van der Waals surface area contributed by atoms with E-state index in [1.165, 1.54) is 0 Å². The van der Waals surface area contributed by atoms with Gasteiger partial charge in [-0.05, 0) is 26.2 Å².